The summed E-state index contributed by atoms with van der Waals surface area (Å²) in [4.78, 5) is 13.4. The molecule has 98 valence electrons. The fourth-order valence-electron chi connectivity index (χ4n) is 1.57. The number of benzene rings is 2. The number of halogens is 2. The molecule has 0 fully saturated rings. The van der Waals surface area contributed by atoms with Crippen LogP contribution in [0.5, 0.6) is 0 Å². The number of thioether (sulfide) groups is 1. The number of carbonyl (C=O) groups excluding carboxylic acids is 1. The maximum Gasteiger partial charge on any atom is 0.256 e. The number of rotatable bonds is 3. The highest BCUT2D eigenvalue weighted by molar-refractivity contribution is 14.1. The van der Waals surface area contributed by atoms with E-state index in [9.17, 15) is 4.79 Å². The van der Waals surface area contributed by atoms with Gasteiger partial charge >= 0.3 is 0 Å². The minimum absolute atomic E-state index is 0.108. The Kier molecular flexibility index (Phi) is 5.29. The molecule has 0 spiro atoms. The summed E-state index contributed by atoms with van der Waals surface area (Å²) in [5.74, 6) is -0.108. The summed E-state index contributed by atoms with van der Waals surface area (Å²) in [5.41, 5.74) is 1.45. The molecule has 5 heteroatoms. The van der Waals surface area contributed by atoms with Crippen molar-refractivity contribution in [2.24, 2.45) is 0 Å². The van der Waals surface area contributed by atoms with Crippen LogP contribution in [-0.2, 0) is 0 Å². The Morgan fingerprint density at radius 1 is 1.26 bits per heavy atom. The predicted octanol–water partition coefficient (Wildman–Crippen LogP) is 5.03. The van der Waals surface area contributed by atoms with Crippen LogP contribution in [0.25, 0.3) is 0 Å². The fraction of sp³-hybridized carbons (Fsp3) is 0.0714. The highest BCUT2D eigenvalue weighted by Crippen LogP contribution is 2.23. The summed E-state index contributed by atoms with van der Waals surface area (Å²) in [6, 6.07) is 13.5. The van der Waals surface area contributed by atoms with Crippen molar-refractivity contribution in [3.8, 4) is 0 Å². The zero-order chi connectivity index (χ0) is 13.8. The summed E-state index contributed by atoms with van der Waals surface area (Å²) >= 11 is 7.25. The smallest absolute Gasteiger partial charge is 0.256 e. The number of hydrogen-bond donors (Lipinski definition) is 1. The second-order valence-electron chi connectivity index (χ2n) is 3.81. The van der Waals surface area contributed by atoms with Gasteiger partial charge in [0.25, 0.3) is 5.91 Å². The van der Waals surface area contributed by atoms with E-state index in [0.717, 1.165) is 18.6 Å². The Morgan fingerprint density at radius 3 is 2.79 bits per heavy atom. The lowest BCUT2D eigenvalue weighted by Crippen LogP contribution is -2.12. The fourth-order valence-corrected chi connectivity index (χ4v) is 2.95. The van der Waals surface area contributed by atoms with Gasteiger partial charge < -0.3 is 5.32 Å². The number of hydrogen-bond acceptors (Lipinski definition) is 2. The van der Waals surface area contributed by atoms with Crippen LogP contribution >= 0.6 is 50.3 Å². The topological polar surface area (TPSA) is 29.1 Å². The molecule has 0 unspecified atom stereocenters. The lowest BCUT2D eigenvalue weighted by Gasteiger charge is -2.08. The summed E-state index contributed by atoms with van der Waals surface area (Å²) in [6.07, 6.45) is 2.01. The first kappa shape index (κ1) is 14.9. The van der Waals surface area contributed by atoms with Crippen LogP contribution in [0.4, 0.5) is 5.69 Å². The van der Waals surface area contributed by atoms with Crippen molar-refractivity contribution in [3.63, 3.8) is 0 Å². The lowest BCUT2D eigenvalue weighted by atomic mass is 10.2. The normalized spacial score (nSPS) is 10.3. The van der Waals surface area contributed by atoms with Crippen LogP contribution in [0.1, 0.15) is 10.4 Å². The Balaban J connectivity index is 2.23. The van der Waals surface area contributed by atoms with Crippen molar-refractivity contribution in [1.82, 2.24) is 0 Å². The molecule has 1 N–H and O–H groups in total. The van der Waals surface area contributed by atoms with E-state index in [1.54, 1.807) is 11.8 Å². The molecule has 1 amide bonds. The van der Waals surface area contributed by atoms with Crippen LogP contribution in [0.15, 0.2) is 51.8 Å². The van der Waals surface area contributed by atoms with Gasteiger partial charge in [-0.25, -0.2) is 0 Å². The summed E-state index contributed by atoms with van der Waals surface area (Å²) in [5, 5.41) is 2.92. The standard InChI is InChI=1S/C14H11BrINOS/c1-19-11-4-2-3-10(8-11)17-14(18)12-7-9(16)5-6-13(12)15/h2-8H,1H3,(H,17,18). The summed E-state index contributed by atoms with van der Waals surface area (Å²) in [7, 11) is 0. The molecule has 0 aromatic heterocycles. The molecular weight excluding hydrogens is 437 g/mol. The van der Waals surface area contributed by atoms with Crippen LogP contribution in [0.3, 0.4) is 0 Å². The van der Waals surface area contributed by atoms with E-state index < -0.39 is 0 Å². The molecule has 0 saturated carbocycles. The SMILES string of the molecule is CSc1cccc(NC(=O)c2cc(I)ccc2Br)c1. The molecule has 2 nitrogen and oxygen atoms in total. The molecule has 2 aromatic rings. The van der Waals surface area contributed by atoms with Crippen molar-refractivity contribution in [3.05, 3.63) is 56.1 Å². The van der Waals surface area contributed by atoms with E-state index in [2.05, 4.69) is 43.8 Å². The van der Waals surface area contributed by atoms with Gasteiger partial charge in [0, 0.05) is 18.6 Å². The molecule has 0 bridgehead atoms. The number of carbonyl (C=O) groups is 1. The monoisotopic (exact) mass is 447 g/mol. The molecule has 0 radical (unpaired) electrons. The highest BCUT2D eigenvalue weighted by Gasteiger charge is 2.10. The van der Waals surface area contributed by atoms with Crippen molar-refractivity contribution in [2.45, 2.75) is 4.90 Å². The van der Waals surface area contributed by atoms with Gasteiger partial charge in [-0.05, 0) is 81.2 Å². The van der Waals surface area contributed by atoms with Crippen LogP contribution in [0.2, 0.25) is 0 Å². The average Bonchev–Trinajstić information content (AvgIpc) is 2.41. The number of amides is 1. The third kappa shape index (κ3) is 3.97. The Hall–Kier alpha value is -0.530. The third-order valence-corrected chi connectivity index (χ3v) is 4.59. The predicted molar refractivity (Wildman–Crippen MR) is 93.0 cm³/mol. The van der Waals surface area contributed by atoms with Gasteiger partial charge in [0.05, 0.1) is 5.56 Å². The first-order chi connectivity index (χ1) is 9.10. The molecule has 0 atom stereocenters. The highest BCUT2D eigenvalue weighted by atomic mass is 127. The lowest BCUT2D eigenvalue weighted by molar-refractivity contribution is 0.102. The third-order valence-electron chi connectivity index (χ3n) is 2.50. The minimum atomic E-state index is -0.108. The maximum atomic E-state index is 12.2. The first-order valence-electron chi connectivity index (χ1n) is 5.50. The Bertz CT molecular complexity index is 618. The van der Waals surface area contributed by atoms with E-state index >= 15 is 0 Å². The molecule has 0 heterocycles. The molecule has 0 saturated heterocycles. The van der Waals surface area contributed by atoms with Crippen LogP contribution < -0.4 is 5.32 Å². The van der Waals surface area contributed by atoms with Crippen LogP contribution in [0, 0.1) is 3.57 Å². The number of nitrogens with one attached hydrogen (secondary N) is 1. The second-order valence-corrected chi connectivity index (χ2v) is 6.79. The molecule has 2 rings (SSSR count). The van der Waals surface area contributed by atoms with E-state index in [0.29, 0.717) is 5.56 Å². The minimum Gasteiger partial charge on any atom is -0.322 e. The maximum absolute atomic E-state index is 12.2. The van der Waals surface area contributed by atoms with Gasteiger partial charge in [0.1, 0.15) is 0 Å². The van der Waals surface area contributed by atoms with Gasteiger partial charge in [-0.1, -0.05) is 6.07 Å². The quantitative estimate of drug-likeness (QED) is 0.528. The zero-order valence-corrected chi connectivity index (χ0v) is 14.7. The molecule has 0 aliphatic carbocycles. The summed E-state index contributed by atoms with van der Waals surface area (Å²) < 4.78 is 1.83. The number of anilines is 1. The van der Waals surface area contributed by atoms with Gasteiger partial charge in [-0.2, -0.15) is 0 Å². The van der Waals surface area contributed by atoms with E-state index in [4.69, 9.17) is 0 Å². The molecule has 19 heavy (non-hydrogen) atoms. The largest absolute Gasteiger partial charge is 0.322 e. The van der Waals surface area contributed by atoms with Crippen molar-refractivity contribution >= 4 is 61.9 Å². The summed E-state index contributed by atoms with van der Waals surface area (Å²) in [6.45, 7) is 0. The van der Waals surface area contributed by atoms with Gasteiger partial charge in [-0.15, -0.1) is 11.8 Å². The van der Waals surface area contributed by atoms with Gasteiger partial charge in [0.2, 0.25) is 0 Å². The zero-order valence-electron chi connectivity index (χ0n) is 10.1. The first-order valence-corrected chi connectivity index (χ1v) is 8.60. The van der Waals surface area contributed by atoms with E-state index in [-0.39, 0.29) is 5.91 Å². The van der Waals surface area contributed by atoms with Crippen molar-refractivity contribution < 1.29 is 4.79 Å². The second kappa shape index (κ2) is 6.76. The van der Waals surface area contributed by atoms with Gasteiger partial charge in [-0.3, -0.25) is 4.79 Å². The molecule has 0 aliphatic rings. The Morgan fingerprint density at radius 2 is 2.05 bits per heavy atom. The van der Waals surface area contributed by atoms with Crippen molar-refractivity contribution in [2.75, 3.05) is 11.6 Å². The van der Waals surface area contributed by atoms with E-state index in [1.165, 1.54) is 0 Å². The molecule has 2 aromatic carbocycles. The van der Waals surface area contributed by atoms with Crippen LogP contribution in [-0.4, -0.2) is 12.2 Å². The van der Waals surface area contributed by atoms with Gasteiger partial charge in [0.15, 0.2) is 0 Å². The Labute approximate surface area is 138 Å². The van der Waals surface area contributed by atoms with Crippen molar-refractivity contribution in [1.29, 1.82) is 0 Å². The molecule has 0 aliphatic heterocycles. The average molecular weight is 448 g/mol. The van der Waals surface area contributed by atoms with E-state index in [1.807, 2.05) is 48.7 Å². The molecular formula is C14H11BrINOS.